The Labute approximate surface area is 125 Å². The maximum atomic E-state index is 6.21. The average molecular weight is 290 g/mol. The van der Waals surface area contributed by atoms with Crippen molar-refractivity contribution in [2.45, 2.75) is 19.4 Å². The van der Waals surface area contributed by atoms with E-state index in [1.165, 1.54) is 11.1 Å². The van der Waals surface area contributed by atoms with E-state index in [-0.39, 0.29) is 6.04 Å². The molecule has 1 unspecified atom stereocenters. The lowest BCUT2D eigenvalue weighted by Gasteiger charge is -2.18. The molecule has 106 valence electrons. The largest absolute Gasteiger partial charge is 0.497 e. The summed E-state index contributed by atoms with van der Waals surface area (Å²) in [5.41, 5.74) is 3.58. The molecule has 3 heteroatoms. The molecule has 2 nitrogen and oxygen atoms in total. The van der Waals surface area contributed by atoms with Crippen LogP contribution in [-0.2, 0) is 6.42 Å². The number of rotatable bonds is 5. The standard InChI is InChI=1S/C17H20ClNO/c1-12-4-7-14(11-16(12)18)17(19-2)10-13-5-8-15(20-3)9-6-13/h4-9,11,17,19H,10H2,1-3H3. The van der Waals surface area contributed by atoms with Gasteiger partial charge in [-0.2, -0.15) is 0 Å². The van der Waals surface area contributed by atoms with Crippen LogP contribution in [0.15, 0.2) is 42.5 Å². The normalized spacial score (nSPS) is 12.2. The number of nitrogens with one attached hydrogen (secondary N) is 1. The Morgan fingerprint density at radius 2 is 1.85 bits per heavy atom. The molecule has 0 saturated carbocycles. The molecule has 20 heavy (non-hydrogen) atoms. The lowest BCUT2D eigenvalue weighted by atomic mass is 9.98. The first-order valence-corrected chi connectivity index (χ1v) is 7.08. The Kier molecular flexibility index (Phi) is 5.05. The molecule has 0 aliphatic carbocycles. The third kappa shape index (κ3) is 3.53. The van der Waals surface area contributed by atoms with Crippen molar-refractivity contribution < 1.29 is 4.74 Å². The van der Waals surface area contributed by atoms with Crippen LogP contribution in [0.3, 0.4) is 0 Å². The summed E-state index contributed by atoms with van der Waals surface area (Å²) < 4.78 is 5.18. The van der Waals surface area contributed by atoms with Gasteiger partial charge in [0.25, 0.3) is 0 Å². The van der Waals surface area contributed by atoms with E-state index in [0.29, 0.717) is 0 Å². The van der Waals surface area contributed by atoms with Crippen molar-refractivity contribution in [2.24, 2.45) is 0 Å². The molecular formula is C17H20ClNO. The van der Waals surface area contributed by atoms with Crippen molar-refractivity contribution in [3.05, 3.63) is 64.2 Å². The Balaban J connectivity index is 2.16. The molecular weight excluding hydrogens is 270 g/mol. The maximum absolute atomic E-state index is 6.21. The molecule has 2 aromatic carbocycles. The molecule has 0 bridgehead atoms. The zero-order valence-electron chi connectivity index (χ0n) is 12.1. The van der Waals surface area contributed by atoms with Gasteiger partial charge in [-0.15, -0.1) is 0 Å². The lowest BCUT2D eigenvalue weighted by molar-refractivity contribution is 0.414. The van der Waals surface area contributed by atoms with Gasteiger partial charge in [-0.05, 0) is 55.3 Å². The summed E-state index contributed by atoms with van der Waals surface area (Å²) in [6.07, 6.45) is 0.917. The second kappa shape index (κ2) is 6.78. The molecule has 0 aromatic heterocycles. The Morgan fingerprint density at radius 1 is 1.15 bits per heavy atom. The van der Waals surface area contributed by atoms with Gasteiger partial charge in [0.1, 0.15) is 5.75 Å². The maximum Gasteiger partial charge on any atom is 0.118 e. The number of benzene rings is 2. The van der Waals surface area contributed by atoms with Crippen molar-refractivity contribution in [1.29, 1.82) is 0 Å². The van der Waals surface area contributed by atoms with Crippen LogP contribution in [0.4, 0.5) is 0 Å². The smallest absolute Gasteiger partial charge is 0.118 e. The Hall–Kier alpha value is -1.51. The molecule has 0 aliphatic rings. The summed E-state index contributed by atoms with van der Waals surface area (Å²) in [6, 6.07) is 14.7. The molecule has 2 aromatic rings. The monoisotopic (exact) mass is 289 g/mol. The topological polar surface area (TPSA) is 21.3 Å². The van der Waals surface area contributed by atoms with E-state index in [1.807, 2.05) is 32.2 Å². The van der Waals surface area contributed by atoms with Gasteiger partial charge in [0, 0.05) is 11.1 Å². The van der Waals surface area contributed by atoms with Crippen LogP contribution in [0.25, 0.3) is 0 Å². The number of aryl methyl sites for hydroxylation is 1. The number of hydrogen-bond donors (Lipinski definition) is 1. The van der Waals surface area contributed by atoms with Crippen molar-refractivity contribution in [3.8, 4) is 5.75 Å². The number of methoxy groups -OCH3 is 1. The van der Waals surface area contributed by atoms with E-state index in [4.69, 9.17) is 16.3 Å². The summed E-state index contributed by atoms with van der Waals surface area (Å²) in [7, 11) is 3.65. The highest BCUT2D eigenvalue weighted by Crippen LogP contribution is 2.24. The lowest BCUT2D eigenvalue weighted by Crippen LogP contribution is -2.18. The van der Waals surface area contributed by atoms with Crippen molar-refractivity contribution in [2.75, 3.05) is 14.2 Å². The highest BCUT2D eigenvalue weighted by molar-refractivity contribution is 6.31. The molecule has 1 atom stereocenters. The van der Waals surface area contributed by atoms with Gasteiger partial charge in [-0.3, -0.25) is 0 Å². The SMILES string of the molecule is CNC(Cc1ccc(OC)cc1)c1ccc(C)c(Cl)c1. The highest BCUT2D eigenvalue weighted by Gasteiger charge is 2.11. The summed E-state index contributed by atoms with van der Waals surface area (Å²) >= 11 is 6.21. The minimum Gasteiger partial charge on any atom is -0.497 e. The van der Waals surface area contributed by atoms with Gasteiger partial charge < -0.3 is 10.1 Å². The first-order valence-electron chi connectivity index (χ1n) is 6.70. The van der Waals surface area contributed by atoms with Crippen LogP contribution in [0.2, 0.25) is 5.02 Å². The second-order valence-electron chi connectivity index (χ2n) is 4.90. The fraction of sp³-hybridized carbons (Fsp3) is 0.294. The minimum atomic E-state index is 0.251. The average Bonchev–Trinajstić information content (AvgIpc) is 2.48. The molecule has 0 amide bonds. The van der Waals surface area contributed by atoms with E-state index in [9.17, 15) is 0 Å². The Bertz CT molecular complexity index is 566. The van der Waals surface area contributed by atoms with E-state index < -0.39 is 0 Å². The molecule has 0 saturated heterocycles. The third-order valence-electron chi connectivity index (χ3n) is 3.55. The first-order chi connectivity index (χ1) is 9.63. The molecule has 0 radical (unpaired) electrons. The van der Waals surface area contributed by atoms with Crippen molar-refractivity contribution >= 4 is 11.6 Å². The molecule has 1 N–H and O–H groups in total. The Morgan fingerprint density at radius 3 is 2.40 bits per heavy atom. The van der Waals surface area contributed by atoms with Crippen LogP contribution in [0.1, 0.15) is 22.7 Å². The third-order valence-corrected chi connectivity index (χ3v) is 3.95. The van der Waals surface area contributed by atoms with Gasteiger partial charge in [0.2, 0.25) is 0 Å². The fourth-order valence-corrected chi connectivity index (χ4v) is 2.40. The second-order valence-corrected chi connectivity index (χ2v) is 5.31. The van der Waals surface area contributed by atoms with E-state index in [2.05, 4.69) is 29.6 Å². The molecule has 0 spiro atoms. The molecule has 2 rings (SSSR count). The summed E-state index contributed by atoms with van der Waals surface area (Å²) in [5, 5.41) is 4.17. The van der Waals surface area contributed by atoms with Crippen LogP contribution < -0.4 is 10.1 Å². The van der Waals surface area contributed by atoms with Crippen LogP contribution in [0.5, 0.6) is 5.75 Å². The minimum absolute atomic E-state index is 0.251. The summed E-state index contributed by atoms with van der Waals surface area (Å²) in [5.74, 6) is 0.883. The van der Waals surface area contributed by atoms with Gasteiger partial charge in [0.05, 0.1) is 7.11 Å². The number of ether oxygens (including phenoxy) is 1. The van der Waals surface area contributed by atoms with Crippen LogP contribution in [0, 0.1) is 6.92 Å². The van der Waals surface area contributed by atoms with Gasteiger partial charge in [-0.1, -0.05) is 35.9 Å². The number of likely N-dealkylation sites (N-methyl/N-ethyl adjacent to an activating group) is 1. The molecule has 0 heterocycles. The number of hydrogen-bond acceptors (Lipinski definition) is 2. The quantitative estimate of drug-likeness (QED) is 0.892. The first kappa shape index (κ1) is 14.9. The number of halogens is 1. The zero-order valence-corrected chi connectivity index (χ0v) is 12.9. The van der Waals surface area contributed by atoms with Crippen LogP contribution >= 0.6 is 11.6 Å². The predicted molar refractivity (Wildman–Crippen MR) is 84.7 cm³/mol. The van der Waals surface area contributed by atoms with Gasteiger partial charge in [-0.25, -0.2) is 0 Å². The highest BCUT2D eigenvalue weighted by atomic mass is 35.5. The van der Waals surface area contributed by atoms with Crippen LogP contribution in [-0.4, -0.2) is 14.2 Å². The summed E-state index contributed by atoms with van der Waals surface area (Å²) in [6.45, 7) is 2.02. The van der Waals surface area contributed by atoms with E-state index in [1.54, 1.807) is 7.11 Å². The summed E-state index contributed by atoms with van der Waals surface area (Å²) in [4.78, 5) is 0. The van der Waals surface area contributed by atoms with Gasteiger partial charge >= 0.3 is 0 Å². The predicted octanol–water partition coefficient (Wildman–Crippen LogP) is 4.16. The molecule has 0 aliphatic heterocycles. The van der Waals surface area contributed by atoms with Crippen molar-refractivity contribution in [3.63, 3.8) is 0 Å². The van der Waals surface area contributed by atoms with Crippen molar-refractivity contribution in [1.82, 2.24) is 5.32 Å². The van der Waals surface area contributed by atoms with E-state index >= 15 is 0 Å². The van der Waals surface area contributed by atoms with Gasteiger partial charge in [0.15, 0.2) is 0 Å². The fourth-order valence-electron chi connectivity index (χ4n) is 2.21. The molecule has 0 fully saturated rings. The van der Waals surface area contributed by atoms with E-state index in [0.717, 1.165) is 22.8 Å². The zero-order chi connectivity index (χ0) is 14.5.